The number of nitrogens with zero attached hydrogens (tertiary/aromatic N) is 2. The summed E-state index contributed by atoms with van der Waals surface area (Å²) in [7, 11) is 0. The molecule has 1 aromatic heterocycles. The molecule has 3 N–H and O–H groups in total. The molecule has 0 aliphatic rings. The Morgan fingerprint density at radius 1 is 1.62 bits per heavy atom. The van der Waals surface area contributed by atoms with Gasteiger partial charge >= 0.3 is 0 Å². The number of nitrogens with one attached hydrogen (secondary N) is 1. The number of pyridine rings is 1. The Kier molecular flexibility index (Phi) is 3.25. The van der Waals surface area contributed by atoms with Crippen LogP contribution in [0.4, 0.5) is 0 Å². The van der Waals surface area contributed by atoms with Crippen molar-refractivity contribution in [2.75, 3.05) is 6.54 Å². The number of aromatic nitrogens is 1. The zero-order chi connectivity index (χ0) is 9.68. The van der Waals surface area contributed by atoms with E-state index in [1.165, 1.54) is 0 Å². The van der Waals surface area contributed by atoms with E-state index in [4.69, 9.17) is 11.1 Å². The summed E-state index contributed by atoms with van der Waals surface area (Å²) >= 11 is 0. The van der Waals surface area contributed by atoms with Crippen LogP contribution in [-0.4, -0.2) is 22.4 Å². The maximum absolute atomic E-state index is 7.28. The van der Waals surface area contributed by atoms with E-state index in [9.17, 15) is 0 Å². The van der Waals surface area contributed by atoms with Crippen LogP contribution in [0.15, 0.2) is 24.4 Å². The van der Waals surface area contributed by atoms with Crippen molar-refractivity contribution in [3.8, 4) is 0 Å². The molecule has 0 atom stereocenters. The first-order valence-electron chi connectivity index (χ1n) is 4.23. The van der Waals surface area contributed by atoms with Crippen LogP contribution in [0.3, 0.4) is 0 Å². The molecule has 0 aromatic carbocycles. The molecule has 4 nitrogen and oxygen atoms in total. The third-order valence-corrected chi connectivity index (χ3v) is 1.80. The second-order valence-corrected chi connectivity index (χ2v) is 2.72. The molecular weight excluding hydrogens is 164 g/mol. The van der Waals surface area contributed by atoms with E-state index < -0.39 is 0 Å². The maximum atomic E-state index is 7.28. The van der Waals surface area contributed by atoms with Gasteiger partial charge < -0.3 is 10.6 Å². The van der Waals surface area contributed by atoms with Gasteiger partial charge in [0.25, 0.3) is 0 Å². The summed E-state index contributed by atoms with van der Waals surface area (Å²) in [5, 5.41) is 7.28. The monoisotopic (exact) mass is 178 g/mol. The molecule has 13 heavy (non-hydrogen) atoms. The van der Waals surface area contributed by atoms with Crippen LogP contribution in [0.5, 0.6) is 0 Å². The van der Waals surface area contributed by atoms with Crippen molar-refractivity contribution in [3.63, 3.8) is 0 Å². The van der Waals surface area contributed by atoms with Crippen molar-refractivity contribution in [1.29, 1.82) is 5.41 Å². The van der Waals surface area contributed by atoms with Crippen LogP contribution in [0.2, 0.25) is 0 Å². The van der Waals surface area contributed by atoms with Crippen LogP contribution in [0.25, 0.3) is 0 Å². The third kappa shape index (κ3) is 2.74. The van der Waals surface area contributed by atoms with Gasteiger partial charge in [-0.25, -0.2) is 0 Å². The molecule has 0 aliphatic carbocycles. The smallest absolute Gasteiger partial charge is 0.188 e. The lowest BCUT2D eigenvalue weighted by atomic mass is 10.3. The van der Waals surface area contributed by atoms with Gasteiger partial charge in [0.05, 0.1) is 12.2 Å². The van der Waals surface area contributed by atoms with E-state index >= 15 is 0 Å². The molecule has 1 rings (SSSR count). The predicted molar refractivity (Wildman–Crippen MR) is 52.2 cm³/mol. The summed E-state index contributed by atoms with van der Waals surface area (Å²) in [6, 6.07) is 5.72. The minimum absolute atomic E-state index is 0.0909. The molecule has 1 aromatic rings. The van der Waals surface area contributed by atoms with E-state index in [2.05, 4.69) is 4.98 Å². The highest BCUT2D eigenvalue weighted by molar-refractivity contribution is 5.74. The fraction of sp³-hybridized carbons (Fsp3) is 0.333. The van der Waals surface area contributed by atoms with Crippen LogP contribution >= 0.6 is 0 Å². The summed E-state index contributed by atoms with van der Waals surface area (Å²) in [6.07, 6.45) is 1.74. The van der Waals surface area contributed by atoms with Gasteiger partial charge in [0.2, 0.25) is 0 Å². The average Bonchev–Trinajstić information content (AvgIpc) is 2.15. The molecule has 0 saturated heterocycles. The molecule has 0 amide bonds. The molecule has 0 fully saturated rings. The van der Waals surface area contributed by atoms with Gasteiger partial charge in [0.15, 0.2) is 5.96 Å². The minimum atomic E-state index is 0.0909. The first kappa shape index (κ1) is 9.51. The van der Waals surface area contributed by atoms with E-state index in [1.807, 2.05) is 25.1 Å². The second-order valence-electron chi connectivity index (χ2n) is 2.72. The summed E-state index contributed by atoms with van der Waals surface area (Å²) in [5.74, 6) is 0.0909. The Morgan fingerprint density at radius 2 is 2.38 bits per heavy atom. The van der Waals surface area contributed by atoms with E-state index in [-0.39, 0.29) is 5.96 Å². The molecule has 70 valence electrons. The largest absolute Gasteiger partial charge is 0.370 e. The molecule has 0 saturated carbocycles. The third-order valence-electron chi connectivity index (χ3n) is 1.80. The number of nitrogens with two attached hydrogens (primary N) is 1. The van der Waals surface area contributed by atoms with Crippen LogP contribution in [0, 0.1) is 5.41 Å². The zero-order valence-electron chi connectivity index (χ0n) is 7.70. The standard InChI is InChI=1S/C9H14N4/c1-2-13(9(10)11)7-8-5-3-4-6-12-8/h3-6H,2,7H2,1H3,(H3,10,11). The number of hydrogen-bond donors (Lipinski definition) is 2. The summed E-state index contributed by atoms with van der Waals surface area (Å²) in [6.45, 7) is 3.29. The normalized spacial score (nSPS) is 9.62. The highest BCUT2D eigenvalue weighted by Crippen LogP contribution is 1.99. The summed E-state index contributed by atoms with van der Waals surface area (Å²) in [4.78, 5) is 5.91. The quantitative estimate of drug-likeness (QED) is 0.531. The highest BCUT2D eigenvalue weighted by atomic mass is 15.2. The molecule has 0 bridgehead atoms. The average molecular weight is 178 g/mol. The first-order chi connectivity index (χ1) is 6.24. The van der Waals surface area contributed by atoms with Gasteiger partial charge in [-0.05, 0) is 19.1 Å². The van der Waals surface area contributed by atoms with Crippen molar-refractivity contribution in [3.05, 3.63) is 30.1 Å². The molecule has 0 spiro atoms. The van der Waals surface area contributed by atoms with Gasteiger partial charge in [-0.2, -0.15) is 0 Å². The fourth-order valence-electron chi connectivity index (χ4n) is 1.05. The van der Waals surface area contributed by atoms with Gasteiger partial charge in [0.1, 0.15) is 0 Å². The lowest BCUT2D eigenvalue weighted by Gasteiger charge is -2.19. The van der Waals surface area contributed by atoms with Crippen molar-refractivity contribution in [2.24, 2.45) is 5.73 Å². The SMILES string of the molecule is CCN(Cc1ccccn1)C(=N)N. The Labute approximate surface area is 77.9 Å². The number of guanidine groups is 1. The summed E-state index contributed by atoms with van der Waals surface area (Å²) in [5.41, 5.74) is 6.31. The molecule has 0 unspecified atom stereocenters. The van der Waals surface area contributed by atoms with Crippen LogP contribution in [0.1, 0.15) is 12.6 Å². The molecule has 0 radical (unpaired) electrons. The van der Waals surface area contributed by atoms with Crippen molar-refractivity contribution >= 4 is 5.96 Å². The summed E-state index contributed by atoms with van der Waals surface area (Å²) < 4.78 is 0. The lowest BCUT2D eigenvalue weighted by molar-refractivity contribution is 0.422. The Hall–Kier alpha value is -1.58. The van der Waals surface area contributed by atoms with Crippen LogP contribution in [-0.2, 0) is 6.54 Å². The maximum Gasteiger partial charge on any atom is 0.188 e. The zero-order valence-corrected chi connectivity index (χ0v) is 7.70. The number of hydrogen-bond acceptors (Lipinski definition) is 2. The fourth-order valence-corrected chi connectivity index (χ4v) is 1.05. The van der Waals surface area contributed by atoms with Gasteiger partial charge in [0, 0.05) is 12.7 Å². The lowest BCUT2D eigenvalue weighted by Crippen LogP contribution is -2.35. The Morgan fingerprint density at radius 3 is 2.85 bits per heavy atom. The second kappa shape index (κ2) is 4.45. The van der Waals surface area contributed by atoms with Crippen molar-refractivity contribution in [2.45, 2.75) is 13.5 Å². The van der Waals surface area contributed by atoms with Crippen molar-refractivity contribution < 1.29 is 0 Å². The molecule has 4 heteroatoms. The van der Waals surface area contributed by atoms with Crippen molar-refractivity contribution in [1.82, 2.24) is 9.88 Å². The van der Waals surface area contributed by atoms with Gasteiger partial charge in [-0.3, -0.25) is 10.4 Å². The van der Waals surface area contributed by atoms with Gasteiger partial charge in [-0.15, -0.1) is 0 Å². The van der Waals surface area contributed by atoms with Gasteiger partial charge in [-0.1, -0.05) is 6.07 Å². The minimum Gasteiger partial charge on any atom is -0.370 e. The van der Waals surface area contributed by atoms with E-state index in [1.54, 1.807) is 11.1 Å². The van der Waals surface area contributed by atoms with Crippen LogP contribution < -0.4 is 5.73 Å². The van der Waals surface area contributed by atoms with E-state index in [0.29, 0.717) is 6.54 Å². The Balaban J connectivity index is 2.62. The molecule has 1 heterocycles. The first-order valence-corrected chi connectivity index (χ1v) is 4.23. The van der Waals surface area contributed by atoms with E-state index in [0.717, 1.165) is 12.2 Å². The molecule has 0 aliphatic heterocycles. The molecular formula is C9H14N4. The predicted octanol–water partition coefficient (Wildman–Crippen LogP) is 0.797. The highest BCUT2D eigenvalue weighted by Gasteiger charge is 2.04. The number of rotatable bonds is 3. The topological polar surface area (TPSA) is 66.0 Å². The Bertz CT molecular complexity index is 270.